The van der Waals surface area contributed by atoms with Gasteiger partial charge in [-0.05, 0) is 64.2 Å². The Balaban J connectivity index is 2.34. The number of hydrogen-bond acceptors (Lipinski definition) is 1. The molecular weight excluding hydrogens is 329 g/mol. The molecule has 2 rings (SSSR count). The predicted octanol–water partition coefficient (Wildman–Crippen LogP) is 5.28. The molecule has 1 saturated carbocycles. The van der Waals surface area contributed by atoms with Crippen LogP contribution in [0.1, 0.15) is 52.5 Å². The average molecular weight is 356 g/mol. The summed E-state index contributed by atoms with van der Waals surface area (Å²) in [7, 11) is 0. The zero-order valence-corrected chi connectivity index (χ0v) is 15.1. The van der Waals surface area contributed by atoms with Gasteiger partial charge in [0.05, 0.1) is 4.47 Å². The molecule has 0 bridgehead atoms. The van der Waals surface area contributed by atoms with Gasteiger partial charge in [-0.2, -0.15) is 0 Å². The summed E-state index contributed by atoms with van der Waals surface area (Å²) < 4.78 is 15.1. The highest BCUT2D eigenvalue weighted by Crippen LogP contribution is 2.43. The molecule has 3 heteroatoms. The number of hydrogen-bond donors (Lipinski definition) is 1. The molecule has 0 radical (unpaired) electrons. The van der Waals surface area contributed by atoms with E-state index >= 15 is 0 Å². The molecule has 0 amide bonds. The van der Waals surface area contributed by atoms with Gasteiger partial charge < -0.3 is 5.32 Å². The quantitative estimate of drug-likeness (QED) is 0.774. The lowest BCUT2D eigenvalue weighted by Gasteiger charge is -2.45. The molecule has 0 saturated heterocycles. The lowest BCUT2D eigenvalue weighted by atomic mass is 9.63. The summed E-state index contributed by atoms with van der Waals surface area (Å²) >= 11 is 3.33. The van der Waals surface area contributed by atoms with Crippen LogP contribution in [0.2, 0.25) is 0 Å². The van der Waals surface area contributed by atoms with E-state index in [0.29, 0.717) is 16.4 Å². The normalized spacial score (nSPS) is 26.9. The molecule has 1 aliphatic carbocycles. The van der Waals surface area contributed by atoms with E-state index in [9.17, 15) is 4.39 Å². The average Bonchev–Trinajstić information content (AvgIpc) is 2.42. The molecule has 0 aromatic heterocycles. The lowest BCUT2D eigenvalue weighted by molar-refractivity contribution is 0.144. The Bertz CT molecular complexity index is 486. The van der Waals surface area contributed by atoms with E-state index in [1.165, 1.54) is 12.8 Å². The Morgan fingerprint density at radius 1 is 1.33 bits per heavy atom. The highest BCUT2D eigenvalue weighted by Gasteiger charge is 2.41. The summed E-state index contributed by atoms with van der Waals surface area (Å²) in [5.41, 5.74) is 0.667. The van der Waals surface area contributed by atoms with Crippen molar-refractivity contribution in [1.29, 1.82) is 0 Å². The molecule has 3 atom stereocenters. The summed E-state index contributed by atoms with van der Waals surface area (Å²) in [6, 6.07) is 6.14. The summed E-state index contributed by atoms with van der Waals surface area (Å²) in [6.07, 6.45) is 3.60. The van der Waals surface area contributed by atoms with Gasteiger partial charge in [0.25, 0.3) is 0 Å². The van der Waals surface area contributed by atoms with E-state index in [1.54, 1.807) is 6.07 Å². The molecule has 0 heterocycles. The van der Waals surface area contributed by atoms with Gasteiger partial charge in [0, 0.05) is 6.04 Å². The van der Waals surface area contributed by atoms with Crippen LogP contribution in [0, 0.1) is 17.7 Å². The minimum Gasteiger partial charge on any atom is -0.314 e. The highest BCUT2D eigenvalue weighted by atomic mass is 79.9. The van der Waals surface area contributed by atoms with Crippen LogP contribution in [0.4, 0.5) is 4.39 Å². The first-order chi connectivity index (χ1) is 9.87. The Morgan fingerprint density at radius 2 is 2.05 bits per heavy atom. The van der Waals surface area contributed by atoms with Gasteiger partial charge in [0.1, 0.15) is 5.82 Å². The Hall–Kier alpha value is -0.410. The second-order valence-corrected chi connectivity index (χ2v) is 7.87. The summed E-state index contributed by atoms with van der Waals surface area (Å²) in [5.74, 6) is 1.13. The first-order valence-electron chi connectivity index (χ1n) is 8.05. The summed E-state index contributed by atoms with van der Waals surface area (Å²) in [6.45, 7) is 9.85. The van der Waals surface area contributed by atoms with E-state index in [1.807, 2.05) is 12.1 Å². The topological polar surface area (TPSA) is 12.0 Å². The van der Waals surface area contributed by atoms with Crippen molar-refractivity contribution in [1.82, 2.24) is 5.32 Å². The maximum Gasteiger partial charge on any atom is 0.141 e. The van der Waals surface area contributed by atoms with Crippen LogP contribution < -0.4 is 5.32 Å². The zero-order valence-electron chi connectivity index (χ0n) is 13.5. The zero-order chi connectivity index (χ0) is 15.6. The van der Waals surface area contributed by atoms with Crippen molar-refractivity contribution in [3.8, 4) is 0 Å². The van der Waals surface area contributed by atoms with Crippen molar-refractivity contribution >= 4 is 15.9 Å². The van der Waals surface area contributed by atoms with Gasteiger partial charge in [-0.3, -0.25) is 0 Å². The molecule has 0 aliphatic heterocycles. The maximum atomic E-state index is 14.6. The predicted molar refractivity (Wildman–Crippen MR) is 91.1 cm³/mol. The largest absolute Gasteiger partial charge is 0.314 e. The van der Waals surface area contributed by atoms with Crippen molar-refractivity contribution in [3.05, 3.63) is 34.1 Å². The monoisotopic (exact) mass is 355 g/mol. The third-order valence-corrected chi connectivity index (χ3v) is 5.76. The van der Waals surface area contributed by atoms with Gasteiger partial charge in [0.2, 0.25) is 0 Å². The van der Waals surface area contributed by atoms with Gasteiger partial charge in [0.15, 0.2) is 0 Å². The summed E-state index contributed by atoms with van der Waals surface area (Å²) in [5, 5.41) is 3.64. The first kappa shape index (κ1) is 17.0. The van der Waals surface area contributed by atoms with Crippen LogP contribution in [0.15, 0.2) is 22.7 Å². The lowest BCUT2D eigenvalue weighted by Crippen LogP contribution is -2.48. The number of halogens is 2. The minimum atomic E-state index is -0.166. The molecule has 1 aliphatic rings. The minimum absolute atomic E-state index is 0.101. The first-order valence-corrected chi connectivity index (χ1v) is 8.85. The molecule has 21 heavy (non-hydrogen) atoms. The van der Waals surface area contributed by atoms with E-state index in [-0.39, 0.29) is 11.2 Å². The van der Waals surface area contributed by atoms with Crippen LogP contribution >= 0.6 is 15.9 Å². The van der Waals surface area contributed by atoms with E-state index in [0.717, 1.165) is 24.4 Å². The SMILES string of the molecule is CCNC1CC(C)CCC1C(C)(C)c1cccc(Br)c1F. The molecular formula is C18H27BrFN. The van der Waals surface area contributed by atoms with Crippen molar-refractivity contribution < 1.29 is 4.39 Å². The van der Waals surface area contributed by atoms with E-state index < -0.39 is 0 Å². The van der Waals surface area contributed by atoms with Crippen molar-refractivity contribution in [2.45, 2.75) is 58.4 Å². The molecule has 1 aromatic carbocycles. The number of benzene rings is 1. The van der Waals surface area contributed by atoms with E-state index in [4.69, 9.17) is 0 Å². The standard InChI is InChI=1S/C18H27BrFN/c1-5-21-16-11-12(2)9-10-13(16)18(3,4)14-7-6-8-15(19)17(14)20/h6-8,12-13,16,21H,5,9-11H2,1-4H3. The number of rotatable bonds is 4. The van der Waals surface area contributed by atoms with Gasteiger partial charge in [-0.25, -0.2) is 4.39 Å². The summed E-state index contributed by atoms with van der Waals surface area (Å²) in [4.78, 5) is 0. The Kier molecular flexibility index (Phi) is 5.48. The number of nitrogens with one attached hydrogen (secondary N) is 1. The van der Waals surface area contributed by atoms with Crippen molar-refractivity contribution in [3.63, 3.8) is 0 Å². The Morgan fingerprint density at radius 3 is 2.71 bits per heavy atom. The fraction of sp³-hybridized carbons (Fsp3) is 0.667. The van der Waals surface area contributed by atoms with Crippen molar-refractivity contribution in [2.75, 3.05) is 6.54 Å². The van der Waals surface area contributed by atoms with E-state index in [2.05, 4.69) is 48.9 Å². The second kappa shape index (κ2) is 6.78. The van der Waals surface area contributed by atoms with Gasteiger partial charge >= 0.3 is 0 Å². The van der Waals surface area contributed by atoms with Crippen LogP contribution in [0.25, 0.3) is 0 Å². The van der Waals surface area contributed by atoms with Crippen LogP contribution in [-0.4, -0.2) is 12.6 Å². The van der Waals surface area contributed by atoms with Crippen LogP contribution in [0.3, 0.4) is 0 Å². The third-order valence-electron chi connectivity index (χ3n) is 5.15. The molecule has 3 unspecified atom stereocenters. The molecule has 1 aromatic rings. The molecule has 118 valence electrons. The maximum absolute atomic E-state index is 14.6. The van der Waals surface area contributed by atoms with Crippen molar-refractivity contribution in [2.24, 2.45) is 11.8 Å². The fourth-order valence-corrected chi connectivity index (χ4v) is 4.30. The smallest absolute Gasteiger partial charge is 0.141 e. The molecule has 1 fully saturated rings. The van der Waals surface area contributed by atoms with Gasteiger partial charge in [-0.15, -0.1) is 0 Å². The Labute approximate surface area is 136 Å². The second-order valence-electron chi connectivity index (χ2n) is 7.01. The molecule has 0 spiro atoms. The van der Waals surface area contributed by atoms with Gasteiger partial charge in [-0.1, -0.05) is 46.2 Å². The molecule has 1 nitrogen and oxygen atoms in total. The van der Waals surface area contributed by atoms with Crippen LogP contribution in [0.5, 0.6) is 0 Å². The third kappa shape index (κ3) is 3.50. The molecule has 1 N–H and O–H groups in total. The highest BCUT2D eigenvalue weighted by molar-refractivity contribution is 9.10. The fourth-order valence-electron chi connectivity index (χ4n) is 3.93. The van der Waals surface area contributed by atoms with Crippen LogP contribution in [-0.2, 0) is 5.41 Å².